The number of carbonyl (C=O) groups excluding carboxylic acids is 1. The van der Waals surface area contributed by atoms with E-state index >= 15 is 0 Å². The highest BCUT2D eigenvalue weighted by Gasteiger charge is 2.42. The first-order valence-electron chi connectivity index (χ1n) is 8.20. The van der Waals surface area contributed by atoms with Crippen LogP contribution in [0.5, 0.6) is 0 Å². The lowest BCUT2D eigenvalue weighted by atomic mass is 9.87. The van der Waals surface area contributed by atoms with Crippen molar-refractivity contribution in [1.82, 2.24) is 4.90 Å². The van der Waals surface area contributed by atoms with Gasteiger partial charge in [0.05, 0.1) is 6.61 Å². The van der Waals surface area contributed by atoms with E-state index in [4.69, 9.17) is 4.74 Å². The molecule has 0 saturated carbocycles. The maximum Gasteiger partial charge on any atom is 0.222 e. The third-order valence-electron chi connectivity index (χ3n) is 5.03. The summed E-state index contributed by atoms with van der Waals surface area (Å²) in [5.74, 6) is 0.291. The Morgan fingerprint density at radius 2 is 2.23 bits per heavy atom. The molecular weight excluding hydrogens is 276 g/mol. The third kappa shape index (κ3) is 3.27. The molecule has 0 radical (unpaired) electrons. The van der Waals surface area contributed by atoms with Crippen molar-refractivity contribution in [3.8, 4) is 0 Å². The molecule has 0 bridgehead atoms. The van der Waals surface area contributed by atoms with Crippen LogP contribution in [-0.2, 0) is 16.0 Å². The summed E-state index contributed by atoms with van der Waals surface area (Å²) >= 11 is 0. The second kappa shape index (κ2) is 6.29. The second-order valence-corrected chi connectivity index (χ2v) is 6.93. The van der Waals surface area contributed by atoms with Crippen molar-refractivity contribution in [2.45, 2.75) is 25.7 Å². The summed E-state index contributed by atoms with van der Waals surface area (Å²) in [6.45, 7) is 3.49. The van der Waals surface area contributed by atoms with Gasteiger partial charge in [-0.05, 0) is 37.0 Å². The lowest BCUT2D eigenvalue weighted by molar-refractivity contribution is -0.130. The van der Waals surface area contributed by atoms with Gasteiger partial charge < -0.3 is 14.5 Å². The highest BCUT2D eigenvalue weighted by atomic mass is 16.5. The average Bonchev–Trinajstić information content (AvgIpc) is 3.16. The zero-order valence-corrected chi connectivity index (χ0v) is 13.7. The Labute approximate surface area is 133 Å². The smallest absolute Gasteiger partial charge is 0.222 e. The number of ether oxygens (including phenoxy) is 1. The standard InChI is InChI=1S/C18H26N2O2/c1-19(2)16-5-3-4-15(12-16)6-7-17(21)20-10-8-18(13-20)9-11-22-14-18/h3-5,12H,6-11,13-14H2,1-2H3/t18-/m0/s1. The molecule has 1 amide bonds. The number of aryl methyl sites for hydroxylation is 1. The van der Waals surface area contributed by atoms with Crippen LogP contribution >= 0.6 is 0 Å². The van der Waals surface area contributed by atoms with Gasteiger partial charge >= 0.3 is 0 Å². The number of anilines is 1. The van der Waals surface area contributed by atoms with Gasteiger partial charge in [0.15, 0.2) is 0 Å². The molecule has 22 heavy (non-hydrogen) atoms. The minimum Gasteiger partial charge on any atom is -0.381 e. The van der Waals surface area contributed by atoms with E-state index in [1.807, 2.05) is 19.0 Å². The molecule has 4 heteroatoms. The van der Waals surface area contributed by atoms with Crippen LogP contribution < -0.4 is 4.90 Å². The van der Waals surface area contributed by atoms with Crippen LogP contribution in [0, 0.1) is 5.41 Å². The van der Waals surface area contributed by atoms with Gasteiger partial charge in [0.2, 0.25) is 5.91 Å². The Kier molecular flexibility index (Phi) is 4.39. The number of likely N-dealkylation sites (tertiary alicyclic amines) is 1. The van der Waals surface area contributed by atoms with Crippen LogP contribution in [0.1, 0.15) is 24.8 Å². The van der Waals surface area contributed by atoms with Crippen molar-refractivity contribution < 1.29 is 9.53 Å². The Hall–Kier alpha value is -1.55. The van der Waals surface area contributed by atoms with Crippen LogP contribution in [0.25, 0.3) is 0 Å². The summed E-state index contributed by atoms with van der Waals surface area (Å²) in [6, 6.07) is 8.44. The first-order chi connectivity index (χ1) is 10.6. The van der Waals surface area contributed by atoms with E-state index in [1.54, 1.807) is 0 Å². The molecule has 2 aliphatic rings. The topological polar surface area (TPSA) is 32.8 Å². The molecule has 0 N–H and O–H groups in total. The number of hydrogen-bond donors (Lipinski definition) is 0. The first-order valence-corrected chi connectivity index (χ1v) is 8.20. The molecule has 0 aliphatic carbocycles. The van der Waals surface area contributed by atoms with Gasteiger partial charge in [0.1, 0.15) is 0 Å². The third-order valence-corrected chi connectivity index (χ3v) is 5.03. The Bertz CT molecular complexity index is 536. The van der Waals surface area contributed by atoms with Crippen molar-refractivity contribution >= 4 is 11.6 Å². The molecule has 1 aromatic carbocycles. The van der Waals surface area contributed by atoms with Crippen LogP contribution in [0.3, 0.4) is 0 Å². The molecule has 1 aromatic rings. The monoisotopic (exact) mass is 302 g/mol. The zero-order chi connectivity index (χ0) is 15.6. The van der Waals surface area contributed by atoms with Gasteiger partial charge in [0.25, 0.3) is 0 Å². The Morgan fingerprint density at radius 1 is 1.36 bits per heavy atom. The molecule has 0 aromatic heterocycles. The van der Waals surface area contributed by atoms with Crippen molar-refractivity contribution in [3.05, 3.63) is 29.8 Å². The van der Waals surface area contributed by atoms with Crippen molar-refractivity contribution in [1.29, 1.82) is 0 Å². The normalized spacial score (nSPS) is 24.2. The van der Waals surface area contributed by atoms with Crippen LogP contribution in [0.4, 0.5) is 5.69 Å². The van der Waals surface area contributed by atoms with Gasteiger partial charge in [-0.2, -0.15) is 0 Å². The molecule has 1 spiro atoms. The summed E-state index contributed by atoms with van der Waals surface area (Å²) in [6.07, 6.45) is 3.64. The van der Waals surface area contributed by atoms with Crippen molar-refractivity contribution in [3.63, 3.8) is 0 Å². The molecule has 2 aliphatic heterocycles. The molecule has 120 valence electrons. The fraction of sp³-hybridized carbons (Fsp3) is 0.611. The van der Waals surface area contributed by atoms with E-state index in [0.29, 0.717) is 12.3 Å². The van der Waals surface area contributed by atoms with E-state index in [2.05, 4.69) is 29.2 Å². The fourth-order valence-corrected chi connectivity index (χ4v) is 3.52. The largest absolute Gasteiger partial charge is 0.381 e. The van der Waals surface area contributed by atoms with E-state index in [-0.39, 0.29) is 5.41 Å². The molecule has 2 saturated heterocycles. The highest BCUT2D eigenvalue weighted by Crippen LogP contribution is 2.38. The number of carbonyl (C=O) groups is 1. The SMILES string of the molecule is CN(C)c1cccc(CCC(=O)N2CC[C@]3(CCOC3)C2)c1. The maximum atomic E-state index is 12.5. The molecule has 0 unspecified atom stereocenters. The summed E-state index contributed by atoms with van der Waals surface area (Å²) < 4.78 is 5.53. The minimum atomic E-state index is 0.264. The molecule has 2 heterocycles. The molecule has 1 atom stereocenters. The molecule has 3 rings (SSSR count). The lowest BCUT2D eigenvalue weighted by Gasteiger charge is -2.22. The minimum absolute atomic E-state index is 0.264. The van der Waals surface area contributed by atoms with E-state index in [9.17, 15) is 4.79 Å². The second-order valence-electron chi connectivity index (χ2n) is 6.93. The fourth-order valence-electron chi connectivity index (χ4n) is 3.52. The van der Waals surface area contributed by atoms with Gasteiger partial charge in [-0.15, -0.1) is 0 Å². The number of benzene rings is 1. The predicted octanol–water partition coefficient (Wildman–Crippen LogP) is 2.32. The van der Waals surface area contributed by atoms with Gasteiger partial charge in [-0.3, -0.25) is 4.79 Å². The maximum absolute atomic E-state index is 12.5. The van der Waals surface area contributed by atoms with E-state index in [1.165, 1.54) is 11.3 Å². The molecule has 4 nitrogen and oxygen atoms in total. The van der Waals surface area contributed by atoms with E-state index in [0.717, 1.165) is 45.6 Å². The first kappa shape index (κ1) is 15.3. The average molecular weight is 302 g/mol. The number of amides is 1. The summed E-state index contributed by atoms with van der Waals surface area (Å²) in [5.41, 5.74) is 2.69. The number of nitrogens with zero attached hydrogens (tertiary/aromatic N) is 2. The predicted molar refractivity (Wildman–Crippen MR) is 88.2 cm³/mol. The van der Waals surface area contributed by atoms with Crippen LogP contribution in [0.2, 0.25) is 0 Å². The van der Waals surface area contributed by atoms with Crippen LogP contribution in [-0.4, -0.2) is 51.2 Å². The summed E-state index contributed by atoms with van der Waals surface area (Å²) in [4.78, 5) is 16.6. The number of hydrogen-bond acceptors (Lipinski definition) is 3. The number of rotatable bonds is 4. The summed E-state index contributed by atoms with van der Waals surface area (Å²) in [5, 5.41) is 0. The molecule has 2 fully saturated rings. The van der Waals surface area contributed by atoms with Gasteiger partial charge in [0, 0.05) is 51.3 Å². The van der Waals surface area contributed by atoms with Gasteiger partial charge in [-0.25, -0.2) is 0 Å². The highest BCUT2D eigenvalue weighted by molar-refractivity contribution is 5.77. The van der Waals surface area contributed by atoms with Crippen molar-refractivity contribution in [2.75, 3.05) is 45.3 Å². The lowest BCUT2D eigenvalue weighted by Crippen LogP contribution is -2.32. The Morgan fingerprint density at radius 3 is 2.95 bits per heavy atom. The van der Waals surface area contributed by atoms with E-state index < -0.39 is 0 Å². The summed E-state index contributed by atoms with van der Waals surface area (Å²) in [7, 11) is 4.08. The van der Waals surface area contributed by atoms with Crippen LogP contribution in [0.15, 0.2) is 24.3 Å². The molecular formula is C18H26N2O2. The van der Waals surface area contributed by atoms with Gasteiger partial charge in [-0.1, -0.05) is 12.1 Å². The zero-order valence-electron chi connectivity index (χ0n) is 13.7. The van der Waals surface area contributed by atoms with Crippen molar-refractivity contribution in [2.24, 2.45) is 5.41 Å². The quantitative estimate of drug-likeness (QED) is 0.856. The Balaban J connectivity index is 1.53.